The van der Waals surface area contributed by atoms with E-state index in [1.807, 2.05) is 36.4 Å². The third-order valence-electron chi connectivity index (χ3n) is 7.57. The quantitative estimate of drug-likeness (QED) is 0.542. The molecule has 1 fully saturated rings. The first-order chi connectivity index (χ1) is 17.1. The zero-order valence-corrected chi connectivity index (χ0v) is 20.8. The number of piperazine rings is 1. The molecule has 35 heavy (non-hydrogen) atoms. The van der Waals surface area contributed by atoms with E-state index in [1.54, 1.807) is 16.9 Å². The van der Waals surface area contributed by atoms with E-state index in [1.165, 1.54) is 0 Å². The van der Waals surface area contributed by atoms with Crippen molar-refractivity contribution >= 4 is 22.7 Å². The normalized spacial score (nSPS) is 19.9. The zero-order chi connectivity index (χ0) is 24.5. The smallest absolute Gasteiger partial charge is 0.246 e. The van der Waals surface area contributed by atoms with Gasteiger partial charge in [0.2, 0.25) is 11.8 Å². The number of hydrogen-bond acceptors (Lipinski definition) is 4. The summed E-state index contributed by atoms with van der Waals surface area (Å²) < 4.78 is 5.70. The molecule has 184 valence electrons. The summed E-state index contributed by atoms with van der Waals surface area (Å²) in [6, 6.07) is 15.0. The maximum absolute atomic E-state index is 13.8. The van der Waals surface area contributed by atoms with E-state index < -0.39 is 12.1 Å². The average molecular weight is 475 g/mol. The molecule has 5 rings (SSSR count). The van der Waals surface area contributed by atoms with Gasteiger partial charge in [0.25, 0.3) is 0 Å². The molecule has 3 aromatic rings. The lowest BCUT2D eigenvalue weighted by molar-refractivity contribution is -0.158. The second-order valence-electron chi connectivity index (χ2n) is 9.37. The van der Waals surface area contributed by atoms with E-state index in [9.17, 15) is 9.59 Å². The number of hydrogen-bond donors (Lipinski definition) is 1. The summed E-state index contributed by atoms with van der Waals surface area (Å²) in [5.41, 5.74) is 4.00. The van der Waals surface area contributed by atoms with Crippen LogP contribution in [0.1, 0.15) is 43.1 Å². The minimum atomic E-state index is -0.522. The van der Waals surface area contributed by atoms with Crippen LogP contribution in [0.2, 0.25) is 0 Å². The summed E-state index contributed by atoms with van der Waals surface area (Å²) in [6.45, 7) is 7.93. The molecule has 0 spiro atoms. The maximum atomic E-state index is 13.8. The van der Waals surface area contributed by atoms with Gasteiger partial charge in [0.1, 0.15) is 17.8 Å². The number of para-hydroxylation sites is 2. The van der Waals surface area contributed by atoms with Gasteiger partial charge in [-0.1, -0.05) is 50.2 Å². The molecule has 0 radical (unpaired) electrons. The Kier molecular flexibility index (Phi) is 6.52. The van der Waals surface area contributed by atoms with Crippen LogP contribution in [-0.4, -0.2) is 77.4 Å². The van der Waals surface area contributed by atoms with Crippen molar-refractivity contribution in [3.8, 4) is 5.75 Å². The molecule has 2 atom stereocenters. The van der Waals surface area contributed by atoms with Gasteiger partial charge >= 0.3 is 0 Å². The molecule has 7 nitrogen and oxygen atoms in total. The SMILES string of the molecule is CCN(CC)CCCN1CC(=O)N2[C@@H](c3ccccc3OC)c3[nH]c4ccccc4c3C[C@H]2C1=O. The van der Waals surface area contributed by atoms with Crippen LogP contribution in [0, 0.1) is 0 Å². The summed E-state index contributed by atoms with van der Waals surface area (Å²) >= 11 is 0. The second kappa shape index (κ2) is 9.74. The molecule has 3 heterocycles. The van der Waals surface area contributed by atoms with Crippen molar-refractivity contribution in [2.75, 3.05) is 39.8 Å². The van der Waals surface area contributed by atoms with E-state index in [-0.39, 0.29) is 18.4 Å². The molecule has 2 aromatic carbocycles. The monoisotopic (exact) mass is 474 g/mol. The van der Waals surface area contributed by atoms with E-state index in [4.69, 9.17) is 4.74 Å². The first-order valence-electron chi connectivity index (χ1n) is 12.6. The molecular weight excluding hydrogens is 440 g/mol. The molecule has 0 bridgehead atoms. The summed E-state index contributed by atoms with van der Waals surface area (Å²) in [5.74, 6) is 0.738. The number of carbonyl (C=O) groups excluding carboxylic acids is 2. The van der Waals surface area contributed by atoms with Crippen molar-refractivity contribution in [2.45, 2.75) is 38.8 Å². The van der Waals surface area contributed by atoms with Crippen molar-refractivity contribution in [2.24, 2.45) is 0 Å². The highest BCUT2D eigenvalue weighted by atomic mass is 16.5. The Labute approximate surface area is 206 Å². The molecular formula is C28H34N4O3. The van der Waals surface area contributed by atoms with Crippen LogP contribution in [0.25, 0.3) is 10.9 Å². The minimum Gasteiger partial charge on any atom is -0.496 e. The molecule has 2 aliphatic heterocycles. The summed E-state index contributed by atoms with van der Waals surface area (Å²) in [4.78, 5) is 37.0. The molecule has 1 N–H and O–H groups in total. The number of H-pyrrole nitrogens is 1. The predicted octanol–water partition coefficient (Wildman–Crippen LogP) is 3.59. The van der Waals surface area contributed by atoms with Gasteiger partial charge in [-0.05, 0) is 43.8 Å². The number of rotatable bonds is 8. The number of methoxy groups -OCH3 is 1. The highest BCUT2D eigenvalue weighted by molar-refractivity contribution is 5.97. The molecule has 0 saturated carbocycles. The highest BCUT2D eigenvalue weighted by Gasteiger charge is 2.48. The number of aromatic amines is 1. The first-order valence-corrected chi connectivity index (χ1v) is 12.6. The molecule has 0 unspecified atom stereocenters. The third kappa shape index (κ3) is 4.08. The fraction of sp³-hybridized carbons (Fsp3) is 0.429. The number of fused-ring (bicyclic) bond motifs is 4. The second-order valence-corrected chi connectivity index (χ2v) is 9.37. The Morgan fingerprint density at radius 3 is 2.57 bits per heavy atom. The average Bonchev–Trinajstić information content (AvgIpc) is 3.26. The number of aromatic nitrogens is 1. The van der Waals surface area contributed by atoms with Gasteiger partial charge in [-0.2, -0.15) is 0 Å². The van der Waals surface area contributed by atoms with Crippen LogP contribution in [0.15, 0.2) is 48.5 Å². The van der Waals surface area contributed by atoms with E-state index in [2.05, 4.69) is 35.9 Å². The number of carbonyl (C=O) groups is 2. The van der Waals surface area contributed by atoms with Crippen molar-refractivity contribution in [1.82, 2.24) is 19.7 Å². The van der Waals surface area contributed by atoms with Crippen LogP contribution < -0.4 is 4.74 Å². The topological polar surface area (TPSA) is 68.9 Å². The first kappa shape index (κ1) is 23.4. The fourth-order valence-corrected chi connectivity index (χ4v) is 5.75. The maximum Gasteiger partial charge on any atom is 0.246 e. The van der Waals surface area contributed by atoms with E-state index in [0.29, 0.717) is 18.7 Å². The molecule has 2 amide bonds. The molecule has 2 aliphatic rings. The molecule has 1 aromatic heterocycles. The van der Waals surface area contributed by atoms with Gasteiger partial charge in [-0.25, -0.2) is 0 Å². The van der Waals surface area contributed by atoms with Crippen molar-refractivity contribution in [1.29, 1.82) is 0 Å². The van der Waals surface area contributed by atoms with Crippen LogP contribution in [0.5, 0.6) is 5.75 Å². The number of nitrogens with one attached hydrogen (secondary N) is 1. The lowest BCUT2D eigenvalue weighted by atomic mass is 9.86. The van der Waals surface area contributed by atoms with Gasteiger partial charge < -0.3 is 24.4 Å². The van der Waals surface area contributed by atoms with Crippen molar-refractivity contribution in [3.63, 3.8) is 0 Å². The van der Waals surface area contributed by atoms with Gasteiger partial charge in [0.05, 0.1) is 13.7 Å². The van der Waals surface area contributed by atoms with Crippen LogP contribution >= 0.6 is 0 Å². The molecule has 0 aliphatic carbocycles. The third-order valence-corrected chi connectivity index (χ3v) is 7.57. The molecule has 7 heteroatoms. The lowest BCUT2D eigenvalue weighted by Gasteiger charge is -2.47. The number of benzene rings is 2. The Morgan fingerprint density at radius 2 is 1.80 bits per heavy atom. The van der Waals surface area contributed by atoms with Crippen molar-refractivity contribution < 1.29 is 14.3 Å². The number of nitrogens with zero attached hydrogens (tertiary/aromatic N) is 3. The Bertz CT molecular complexity index is 1230. The van der Waals surface area contributed by atoms with Crippen LogP contribution in [-0.2, 0) is 16.0 Å². The largest absolute Gasteiger partial charge is 0.496 e. The standard InChI is InChI=1S/C28H34N4O3/c1-4-30(5-2)15-10-16-31-18-25(33)32-23(28(31)34)17-21-19-11-6-8-13-22(19)29-26(21)27(32)20-12-7-9-14-24(20)35-3/h6-9,11-14,23,27,29H,4-5,10,15-18H2,1-3H3/t23-,27-/m0/s1. The molecule has 1 saturated heterocycles. The fourth-order valence-electron chi connectivity index (χ4n) is 5.75. The predicted molar refractivity (Wildman–Crippen MR) is 136 cm³/mol. The number of amides is 2. The lowest BCUT2D eigenvalue weighted by Crippen LogP contribution is -2.63. The van der Waals surface area contributed by atoms with Crippen LogP contribution in [0.3, 0.4) is 0 Å². The summed E-state index contributed by atoms with van der Waals surface area (Å²) in [5, 5.41) is 1.11. The Morgan fingerprint density at radius 1 is 1.06 bits per heavy atom. The van der Waals surface area contributed by atoms with E-state index in [0.717, 1.165) is 53.8 Å². The zero-order valence-electron chi connectivity index (χ0n) is 20.8. The van der Waals surface area contributed by atoms with E-state index >= 15 is 0 Å². The van der Waals surface area contributed by atoms with Gasteiger partial charge in [-0.15, -0.1) is 0 Å². The van der Waals surface area contributed by atoms with Crippen LogP contribution in [0.4, 0.5) is 0 Å². The van der Waals surface area contributed by atoms with Gasteiger partial charge in [-0.3, -0.25) is 9.59 Å². The van der Waals surface area contributed by atoms with Gasteiger partial charge in [0.15, 0.2) is 0 Å². The van der Waals surface area contributed by atoms with Gasteiger partial charge in [0, 0.05) is 35.1 Å². The summed E-state index contributed by atoms with van der Waals surface area (Å²) in [7, 11) is 1.64. The minimum absolute atomic E-state index is 0.0161. The highest BCUT2D eigenvalue weighted by Crippen LogP contribution is 2.44. The van der Waals surface area contributed by atoms with Crippen molar-refractivity contribution in [3.05, 3.63) is 65.4 Å². The Hall–Kier alpha value is -3.32. The number of ether oxygens (including phenoxy) is 1. The Balaban J connectivity index is 1.54. The summed E-state index contributed by atoms with van der Waals surface area (Å²) in [6.07, 6.45) is 1.38.